The molecule has 0 radical (unpaired) electrons. The number of carbonyl (C=O) groups is 1. The normalized spacial score (nSPS) is 27.4. The van der Waals surface area contributed by atoms with Crippen LogP contribution in [0.3, 0.4) is 0 Å². The van der Waals surface area contributed by atoms with Crippen molar-refractivity contribution in [2.24, 2.45) is 16.6 Å². The number of amides is 1. The van der Waals surface area contributed by atoms with Crippen molar-refractivity contribution in [3.63, 3.8) is 0 Å². The molecule has 0 heterocycles. The Bertz CT molecular complexity index is 511. The highest BCUT2D eigenvalue weighted by molar-refractivity contribution is 5.82. The van der Waals surface area contributed by atoms with Gasteiger partial charge in [-0.3, -0.25) is 4.79 Å². The van der Waals surface area contributed by atoms with E-state index in [0.29, 0.717) is 0 Å². The number of nitrogens with two attached hydrogens (primary N) is 1. The monoisotopic (exact) mass is 302 g/mol. The van der Waals surface area contributed by atoms with Crippen LogP contribution in [0.1, 0.15) is 45.6 Å². The fourth-order valence-electron chi connectivity index (χ4n) is 4.23. The molecule has 1 aliphatic carbocycles. The molecule has 1 aliphatic rings. The lowest BCUT2D eigenvalue weighted by Gasteiger charge is -2.45. The first-order valence-electron chi connectivity index (χ1n) is 8.27. The maximum absolute atomic E-state index is 12.9. The van der Waals surface area contributed by atoms with Crippen LogP contribution in [0, 0.1) is 10.8 Å². The zero-order chi connectivity index (χ0) is 16.4. The van der Waals surface area contributed by atoms with Gasteiger partial charge in [0, 0.05) is 25.0 Å². The predicted octanol–water partition coefficient (Wildman–Crippen LogP) is 3.23. The van der Waals surface area contributed by atoms with Crippen molar-refractivity contribution in [1.29, 1.82) is 0 Å². The Balaban J connectivity index is 2.00. The Morgan fingerprint density at radius 2 is 1.86 bits per heavy atom. The molecule has 0 spiro atoms. The summed E-state index contributed by atoms with van der Waals surface area (Å²) in [6.45, 7) is 7.30. The van der Waals surface area contributed by atoms with Gasteiger partial charge in [-0.25, -0.2) is 0 Å². The van der Waals surface area contributed by atoms with E-state index in [0.717, 1.165) is 32.2 Å². The molecule has 122 valence electrons. The summed E-state index contributed by atoms with van der Waals surface area (Å²) < 4.78 is 0. The van der Waals surface area contributed by atoms with Crippen LogP contribution < -0.4 is 5.73 Å². The van der Waals surface area contributed by atoms with Crippen molar-refractivity contribution >= 4 is 5.91 Å². The minimum Gasteiger partial charge on any atom is -0.345 e. The van der Waals surface area contributed by atoms with E-state index in [9.17, 15) is 4.79 Å². The van der Waals surface area contributed by atoms with Gasteiger partial charge in [-0.15, -0.1) is 0 Å². The summed E-state index contributed by atoms with van der Waals surface area (Å²) in [6.07, 6.45) is 3.62. The summed E-state index contributed by atoms with van der Waals surface area (Å²) in [5, 5.41) is 0. The fourth-order valence-corrected chi connectivity index (χ4v) is 4.23. The number of hydrogen-bond donors (Lipinski definition) is 1. The summed E-state index contributed by atoms with van der Waals surface area (Å²) >= 11 is 0. The molecule has 2 rings (SSSR count). The zero-order valence-electron chi connectivity index (χ0n) is 14.4. The molecule has 3 heteroatoms. The van der Waals surface area contributed by atoms with E-state index in [4.69, 9.17) is 5.73 Å². The Morgan fingerprint density at radius 1 is 1.23 bits per heavy atom. The Morgan fingerprint density at radius 3 is 2.45 bits per heavy atom. The van der Waals surface area contributed by atoms with Gasteiger partial charge >= 0.3 is 0 Å². The molecular formula is C19H30N2O. The first-order valence-corrected chi connectivity index (χ1v) is 8.27. The molecule has 1 saturated carbocycles. The number of benzene rings is 1. The summed E-state index contributed by atoms with van der Waals surface area (Å²) in [7, 11) is 1.92. The molecule has 1 aromatic carbocycles. The fraction of sp³-hybridized carbons (Fsp3) is 0.632. The van der Waals surface area contributed by atoms with Gasteiger partial charge in [0.1, 0.15) is 0 Å². The molecule has 2 atom stereocenters. The molecule has 1 fully saturated rings. The Hall–Kier alpha value is -1.35. The van der Waals surface area contributed by atoms with Crippen LogP contribution in [0.25, 0.3) is 0 Å². The molecule has 2 N–H and O–H groups in total. The summed E-state index contributed by atoms with van der Waals surface area (Å²) in [5.41, 5.74) is 7.30. The molecular weight excluding hydrogens is 272 g/mol. The topological polar surface area (TPSA) is 46.3 Å². The second kappa shape index (κ2) is 6.41. The summed E-state index contributed by atoms with van der Waals surface area (Å²) in [6, 6.07) is 10.5. The molecule has 3 nitrogen and oxygen atoms in total. The van der Waals surface area contributed by atoms with E-state index >= 15 is 0 Å². The maximum atomic E-state index is 12.9. The molecule has 0 bridgehead atoms. The quantitative estimate of drug-likeness (QED) is 0.928. The minimum absolute atomic E-state index is 0.125. The lowest BCUT2D eigenvalue weighted by Crippen LogP contribution is -2.50. The number of carbonyl (C=O) groups excluding carboxylic acids is 1. The van der Waals surface area contributed by atoms with Crippen LogP contribution in [-0.4, -0.2) is 30.4 Å². The Kier molecular flexibility index (Phi) is 4.96. The van der Waals surface area contributed by atoms with Gasteiger partial charge in [0.05, 0.1) is 0 Å². The first-order chi connectivity index (χ1) is 10.2. The molecule has 2 unspecified atom stereocenters. The van der Waals surface area contributed by atoms with E-state index in [-0.39, 0.29) is 22.8 Å². The third kappa shape index (κ3) is 4.10. The summed E-state index contributed by atoms with van der Waals surface area (Å²) in [4.78, 5) is 14.8. The van der Waals surface area contributed by atoms with E-state index < -0.39 is 0 Å². The first kappa shape index (κ1) is 17.0. The van der Waals surface area contributed by atoms with Crippen LogP contribution in [0.5, 0.6) is 0 Å². The molecule has 1 aromatic rings. The lowest BCUT2D eigenvalue weighted by molar-refractivity contribution is -0.144. The lowest BCUT2D eigenvalue weighted by atomic mass is 9.62. The van der Waals surface area contributed by atoms with E-state index in [1.54, 1.807) is 0 Å². The van der Waals surface area contributed by atoms with E-state index in [2.05, 4.69) is 32.9 Å². The maximum Gasteiger partial charge on any atom is 0.228 e. The number of likely N-dealkylation sites (N-methyl/N-ethyl adjacent to an activating group) is 1. The van der Waals surface area contributed by atoms with Crippen molar-refractivity contribution < 1.29 is 4.79 Å². The van der Waals surface area contributed by atoms with Gasteiger partial charge in [0.15, 0.2) is 0 Å². The third-order valence-corrected chi connectivity index (χ3v) is 4.84. The highest BCUT2D eigenvalue weighted by Gasteiger charge is 2.45. The van der Waals surface area contributed by atoms with Gasteiger partial charge in [-0.2, -0.15) is 0 Å². The third-order valence-electron chi connectivity index (χ3n) is 4.84. The predicted molar refractivity (Wildman–Crippen MR) is 91.5 cm³/mol. The second-order valence-electron chi connectivity index (χ2n) is 8.03. The van der Waals surface area contributed by atoms with E-state index in [1.807, 2.05) is 30.1 Å². The van der Waals surface area contributed by atoms with Crippen LogP contribution in [0.2, 0.25) is 0 Å². The van der Waals surface area contributed by atoms with Crippen LogP contribution >= 0.6 is 0 Å². The standard InChI is InChI=1S/C19H30N2O/c1-18(2)12-16(20)13-19(3,14-18)17(22)21(4)11-10-15-8-6-5-7-9-15/h5-9,16H,10-14,20H2,1-4H3. The molecule has 0 saturated heterocycles. The largest absolute Gasteiger partial charge is 0.345 e. The zero-order valence-corrected chi connectivity index (χ0v) is 14.4. The number of nitrogens with zero attached hydrogens (tertiary/aromatic N) is 1. The number of hydrogen-bond acceptors (Lipinski definition) is 2. The van der Waals surface area contributed by atoms with Gasteiger partial charge in [0.2, 0.25) is 5.91 Å². The Labute approximate surface area is 134 Å². The molecule has 1 amide bonds. The van der Waals surface area contributed by atoms with Gasteiger partial charge in [0.25, 0.3) is 0 Å². The van der Waals surface area contributed by atoms with Crippen LogP contribution in [0.4, 0.5) is 0 Å². The average molecular weight is 302 g/mol. The van der Waals surface area contributed by atoms with Gasteiger partial charge in [-0.1, -0.05) is 51.1 Å². The van der Waals surface area contributed by atoms with Crippen molar-refractivity contribution in [2.45, 2.75) is 52.5 Å². The smallest absolute Gasteiger partial charge is 0.228 e. The van der Waals surface area contributed by atoms with E-state index in [1.165, 1.54) is 5.56 Å². The van der Waals surface area contributed by atoms with Crippen molar-refractivity contribution in [3.8, 4) is 0 Å². The molecule has 0 aliphatic heterocycles. The van der Waals surface area contributed by atoms with Crippen molar-refractivity contribution in [1.82, 2.24) is 4.90 Å². The second-order valence-corrected chi connectivity index (χ2v) is 8.03. The van der Waals surface area contributed by atoms with Gasteiger partial charge in [-0.05, 0) is 36.7 Å². The molecule has 22 heavy (non-hydrogen) atoms. The minimum atomic E-state index is -0.327. The van der Waals surface area contributed by atoms with Crippen LogP contribution in [0.15, 0.2) is 30.3 Å². The number of rotatable bonds is 4. The SMILES string of the molecule is CN(CCc1ccccc1)C(=O)C1(C)CC(N)CC(C)(C)C1. The van der Waals surface area contributed by atoms with Crippen molar-refractivity contribution in [2.75, 3.05) is 13.6 Å². The molecule has 0 aromatic heterocycles. The van der Waals surface area contributed by atoms with Gasteiger partial charge < -0.3 is 10.6 Å². The average Bonchev–Trinajstić information content (AvgIpc) is 2.42. The highest BCUT2D eigenvalue weighted by Crippen LogP contribution is 2.46. The van der Waals surface area contributed by atoms with Crippen molar-refractivity contribution in [3.05, 3.63) is 35.9 Å². The highest BCUT2D eigenvalue weighted by atomic mass is 16.2. The van der Waals surface area contributed by atoms with Crippen LogP contribution in [-0.2, 0) is 11.2 Å². The summed E-state index contributed by atoms with van der Waals surface area (Å²) in [5.74, 6) is 0.242.